The fourth-order valence-electron chi connectivity index (χ4n) is 8.64. The van der Waals surface area contributed by atoms with Crippen LogP contribution in [0.5, 0.6) is 0 Å². The van der Waals surface area contributed by atoms with E-state index in [-0.39, 0.29) is 0 Å². The van der Waals surface area contributed by atoms with Gasteiger partial charge in [-0.1, -0.05) is 66.7 Å². The number of benzene rings is 7. The van der Waals surface area contributed by atoms with Crippen LogP contribution in [0.2, 0.25) is 0 Å². The Kier molecular flexibility index (Phi) is 9.30. The van der Waals surface area contributed by atoms with Gasteiger partial charge in [0.2, 0.25) is 0 Å². The number of aryl methyl sites for hydroxylation is 4. The summed E-state index contributed by atoms with van der Waals surface area (Å²) < 4.78 is 2.43. The predicted octanol–water partition coefficient (Wildman–Crippen LogP) is 13.7. The highest BCUT2D eigenvalue weighted by Gasteiger charge is 2.20. The van der Waals surface area contributed by atoms with E-state index >= 15 is 0 Å². The highest BCUT2D eigenvalue weighted by Crippen LogP contribution is 2.42. The van der Waals surface area contributed by atoms with Crippen LogP contribution in [-0.2, 0) is 0 Å². The lowest BCUT2D eigenvalue weighted by molar-refractivity contribution is 1.16. The Morgan fingerprint density at radius 2 is 0.817 bits per heavy atom. The average Bonchev–Trinajstić information content (AvgIpc) is 3.62. The summed E-state index contributed by atoms with van der Waals surface area (Å²) in [6.07, 6.45) is 7.21. The molecule has 6 nitrogen and oxygen atoms in total. The molecule has 60 heavy (non-hydrogen) atoms. The van der Waals surface area contributed by atoms with E-state index in [4.69, 9.17) is 0 Å². The molecule has 10 rings (SSSR count). The van der Waals surface area contributed by atoms with Crippen LogP contribution in [0.1, 0.15) is 22.3 Å². The summed E-state index contributed by atoms with van der Waals surface area (Å²) in [6, 6.07) is 56.6. The number of nitrogens with zero attached hydrogens (tertiary/aromatic N) is 6. The molecule has 0 bridgehead atoms. The zero-order valence-electron chi connectivity index (χ0n) is 34.0. The van der Waals surface area contributed by atoms with Crippen molar-refractivity contribution in [3.63, 3.8) is 0 Å². The Bertz CT molecular complexity index is 3020. The number of rotatable bonds is 8. The molecule has 0 atom stereocenters. The van der Waals surface area contributed by atoms with Crippen molar-refractivity contribution < 1.29 is 0 Å². The number of hydrogen-bond acceptors (Lipinski definition) is 5. The first kappa shape index (κ1) is 36.6. The molecule has 0 unspecified atom stereocenters. The molecule has 0 spiro atoms. The van der Waals surface area contributed by atoms with E-state index < -0.39 is 0 Å². The molecule has 0 aliphatic rings. The monoisotopic (exact) mass is 774 g/mol. The van der Waals surface area contributed by atoms with Crippen LogP contribution in [0, 0.1) is 27.7 Å². The van der Waals surface area contributed by atoms with Gasteiger partial charge in [0.1, 0.15) is 0 Å². The molecule has 0 N–H and O–H groups in total. The molecule has 7 aromatic carbocycles. The van der Waals surface area contributed by atoms with Gasteiger partial charge in [0.25, 0.3) is 0 Å². The molecule has 3 aromatic heterocycles. The zero-order valence-corrected chi connectivity index (χ0v) is 34.0. The molecule has 288 valence electrons. The van der Waals surface area contributed by atoms with Gasteiger partial charge in [-0.05, 0) is 163 Å². The van der Waals surface area contributed by atoms with Gasteiger partial charge in [0, 0.05) is 69.4 Å². The van der Waals surface area contributed by atoms with E-state index in [1.165, 1.54) is 21.9 Å². The first-order valence-corrected chi connectivity index (χ1v) is 20.3. The fourth-order valence-corrected chi connectivity index (χ4v) is 8.64. The van der Waals surface area contributed by atoms with Crippen molar-refractivity contribution in [2.75, 3.05) is 4.90 Å². The van der Waals surface area contributed by atoms with Crippen LogP contribution in [0.4, 0.5) is 17.1 Å². The minimum atomic E-state index is 0.732. The highest BCUT2D eigenvalue weighted by molar-refractivity contribution is 6.11. The summed E-state index contributed by atoms with van der Waals surface area (Å²) in [4.78, 5) is 20.7. The molecule has 6 heteroatoms. The summed E-state index contributed by atoms with van der Waals surface area (Å²) in [7, 11) is 0. The van der Waals surface area contributed by atoms with Crippen molar-refractivity contribution in [3.05, 3.63) is 205 Å². The fraction of sp³-hybridized carbons (Fsp3) is 0.0741. The lowest BCUT2D eigenvalue weighted by atomic mass is 9.90. The lowest BCUT2D eigenvalue weighted by Crippen LogP contribution is -2.09. The Labute approximate surface area is 350 Å². The van der Waals surface area contributed by atoms with Crippen molar-refractivity contribution in [2.45, 2.75) is 27.7 Å². The standard InChI is InChI=1S/C54H42N6/c1-35-29-48(53-55-23-13-24-56-53)37(3)27-46(35)39-31-40(47-28-38(4)49(30-36(47)2)54-57-25-14-26-58-54)33-44(32-39)60-51-20-12-11-19-45(51)50-34-43(21-22-52(50)60)59(41-15-7-5-8-16-41)42-17-9-6-10-18-42/h5-34H,1-4H3. The number of anilines is 3. The third kappa shape index (κ3) is 6.58. The molecule has 10 aromatic rings. The largest absolute Gasteiger partial charge is 0.310 e. The SMILES string of the molecule is Cc1cc(-c2ncccn2)c(C)cc1-c1cc(-c2cc(C)c(-c3ncccn3)cc2C)cc(-n2c3ccccc3c3cc(N(c4ccccc4)c4ccccc4)ccc32)c1. The molecular formula is C54H42N6. The summed E-state index contributed by atoms with van der Waals surface area (Å²) >= 11 is 0. The Morgan fingerprint density at radius 3 is 1.35 bits per heavy atom. The van der Waals surface area contributed by atoms with Crippen molar-refractivity contribution in [2.24, 2.45) is 0 Å². The van der Waals surface area contributed by atoms with E-state index in [1.54, 1.807) is 24.8 Å². The van der Waals surface area contributed by atoms with Crippen LogP contribution in [0.25, 0.3) is 72.5 Å². The van der Waals surface area contributed by atoms with E-state index in [0.717, 1.165) is 89.9 Å². The highest BCUT2D eigenvalue weighted by atomic mass is 15.1. The summed E-state index contributed by atoms with van der Waals surface area (Å²) in [5.74, 6) is 1.46. The zero-order chi connectivity index (χ0) is 40.7. The van der Waals surface area contributed by atoms with Crippen molar-refractivity contribution in [1.29, 1.82) is 0 Å². The van der Waals surface area contributed by atoms with E-state index in [1.807, 2.05) is 12.1 Å². The van der Waals surface area contributed by atoms with E-state index in [0.29, 0.717) is 0 Å². The third-order valence-electron chi connectivity index (χ3n) is 11.5. The van der Waals surface area contributed by atoms with Crippen molar-refractivity contribution in [3.8, 4) is 50.7 Å². The van der Waals surface area contributed by atoms with E-state index in [2.05, 4.69) is 203 Å². The van der Waals surface area contributed by atoms with Crippen molar-refractivity contribution >= 4 is 38.9 Å². The molecule has 0 aliphatic carbocycles. The van der Waals surface area contributed by atoms with Gasteiger partial charge in [0.05, 0.1) is 11.0 Å². The molecule has 0 radical (unpaired) electrons. The second kappa shape index (κ2) is 15.2. The van der Waals surface area contributed by atoms with Crippen LogP contribution >= 0.6 is 0 Å². The van der Waals surface area contributed by atoms with Gasteiger partial charge in [0.15, 0.2) is 11.6 Å². The lowest BCUT2D eigenvalue weighted by Gasteiger charge is -2.25. The Balaban J connectivity index is 1.20. The van der Waals surface area contributed by atoms with Gasteiger partial charge in [-0.25, -0.2) is 19.9 Å². The van der Waals surface area contributed by atoms with Crippen LogP contribution in [0.3, 0.4) is 0 Å². The average molecular weight is 775 g/mol. The number of fused-ring (bicyclic) bond motifs is 3. The third-order valence-corrected chi connectivity index (χ3v) is 11.5. The first-order chi connectivity index (χ1) is 29.4. The molecule has 0 fully saturated rings. The molecular weight excluding hydrogens is 733 g/mol. The normalized spacial score (nSPS) is 11.3. The van der Waals surface area contributed by atoms with Gasteiger partial charge in [-0.2, -0.15) is 0 Å². The maximum absolute atomic E-state index is 4.58. The van der Waals surface area contributed by atoms with Crippen LogP contribution in [0.15, 0.2) is 183 Å². The van der Waals surface area contributed by atoms with Crippen molar-refractivity contribution in [1.82, 2.24) is 24.5 Å². The smallest absolute Gasteiger partial charge is 0.159 e. The molecule has 3 heterocycles. The summed E-state index contributed by atoms with van der Waals surface area (Å²) in [6.45, 7) is 8.67. The molecule has 0 saturated carbocycles. The maximum atomic E-state index is 4.58. The second-order valence-corrected chi connectivity index (χ2v) is 15.4. The van der Waals surface area contributed by atoms with Gasteiger partial charge >= 0.3 is 0 Å². The topological polar surface area (TPSA) is 59.7 Å². The predicted molar refractivity (Wildman–Crippen MR) is 247 cm³/mol. The molecule has 0 aliphatic heterocycles. The van der Waals surface area contributed by atoms with E-state index in [9.17, 15) is 0 Å². The number of aromatic nitrogens is 5. The van der Waals surface area contributed by atoms with Gasteiger partial charge < -0.3 is 9.47 Å². The van der Waals surface area contributed by atoms with Gasteiger partial charge in [-0.15, -0.1) is 0 Å². The molecule has 0 amide bonds. The Morgan fingerprint density at radius 1 is 0.367 bits per heavy atom. The molecule has 0 saturated heterocycles. The number of hydrogen-bond donors (Lipinski definition) is 0. The summed E-state index contributed by atoms with van der Waals surface area (Å²) in [5.41, 5.74) is 17.9. The van der Waals surface area contributed by atoms with Crippen LogP contribution in [-0.4, -0.2) is 24.5 Å². The number of para-hydroxylation sites is 3. The quantitative estimate of drug-likeness (QED) is 0.154. The van der Waals surface area contributed by atoms with Gasteiger partial charge in [-0.3, -0.25) is 0 Å². The second-order valence-electron chi connectivity index (χ2n) is 15.4. The Hall–Kier alpha value is -7.70. The first-order valence-electron chi connectivity index (χ1n) is 20.3. The maximum Gasteiger partial charge on any atom is 0.159 e. The summed E-state index contributed by atoms with van der Waals surface area (Å²) in [5, 5.41) is 2.38. The minimum absolute atomic E-state index is 0.732. The van der Waals surface area contributed by atoms with Crippen LogP contribution < -0.4 is 4.90 Å². The minimum Gasteiger partial charge on any atom is -0.310 e.